The van der Waals surface area contributed by atoms with Crippen LogP contribution in [0, 0.1) is 13.8 Å². The second-order valence-corrected chi connectivity index (χ2v) is 14.4. The fraction of sp³-hybridized carbons (Fsp3) is 0.366. The number of anilines is 2. The van der Waals surface area contributed by atoms with Crippen molar-refractivity contribution in [3.63, 3.8) is 0 Å². The molecule has 1 aliphatic heterocycles. The summed E-state index contributed by atoms with van der Waals surface area (Å²) in [6.45, 7) is 9.39. The molecule has 8 rings (SSSR count). The Kier molecular flexibility index (Phi) is 10.5. The first-order chi connectivity index (χ1) is 28.1. The first-order valence-electron chi connectivity index (χ1n) is 19.6. The fourth-order valence-electron chi connectivity index (χ4n) is 7.32. The number of carbonyl (C=O) groups is 4. The summed E-state index contributed by atoms with van der Waals surface area (Å²) in [5.74, 6) is 0.364. The molecule has 0 bridgehead atoms. The van der Waals surface area contributed by atoms with E-state index in [-0.39, 0.29) is 62.0 Å². The average Bonchev–Trinajstić information content (AvgIpc) is 3.96. The van der Waals surface area contributed by atoms with Gasteiger partial charge >= 0.3 is 0 Å². The van der Waals surface area contributed by atoms with Crippen molar-refractivity contribution in [3.05, 3.63) is 82.5 Å². The molecule has 2 aliphatic rings. The number of nitrogens with zero attached hydrogens (tertiary/aromatic N) is 8. The second kappa shape index (κ2) is 16.0. The lowest BCUT2D eigenvalue weighted by Gasteiger charge is -2.26. The van der Waals surface area contributed by atoms with Gasteiger partial charge in [0.1, 0.15) is 40.2 Å². The number of nitrogens with one attached hydrogen (secondary N) is 3. The summed E-state index contributed by atoms with van der Waals surface area (Å²) in [7, 11) is 0. The Morgan fingerprint density at radius 2 is 1.26 bits per heavy atom. The molecular weight excluding hydrogens is 743 g/mol. The monoisotopic (exact) mass is 787 g/mol. The van der Waals surface area contributed by atoms with Gasteiger partial charge in [0, 0.05) is 49.8 Å². The lowest BCUT2D eigenvalue weighted by Crippen LogP contribution is -2.39. The molecule has 0 spiro atoms. The number of rotatable bonds is 9. The summed E-state index contributed by atoms with van der Waals surface area (Å²) >= 11 is 0. The molecule has 17 nitrogen and oxygen atoms in total. The van der Waals surface area contributed by atoms with Crippen molar-refractivity contribution in [2.75, 3.05) is 23.8 Å². The van der Waals surface area contributed by atoms with Crippen LogP contribution in [0.3, 0.4) is 0 Å². The molecule has 300 valence electrons. The van der Waals surface area contributed by atoms with Gasteiger partial charge in [0.15, 0.2) is 0 Å². The summed E-state index contributed by atoms with van der Waals surface area (Å²) in [6, 6.07) is 10.3. The Morgan fingerprint density at radius 3 is 1.76 bits per heavy atom. The predicted octanol–water partition coefficient (Wildman–Crippen LogP) is 5.45. The zero-order chi connectivity index (χ0) is 40.5. The number of ether oxygens (including phenoxy) is 2. The number of aromatic nitrogens is 8. The molecule has 3 amide bonds. The van der Waals surface area contributed by atoms with E-state index in [1.165, 1.54) is 0 Å². The molecule has 3 N–H and O–H groups in total. The van der Waals surface area contributed by atoms with Crippen LogP contribution < -0.4 is 25.4 Å². The molecule has 17 heteroatoms. The van der Waals surface area contributed by atoms with Gasteiger partial charge in [-0.15, -0.1) is 0 Å². The number of carbonyl (C=O) groups excluding carboxylic acids is 4. The molecule has 0 atom stereocenters. The minimum atomic E-state index is -0.387. The number of aryl methyl sites for hydroxylation is 4. The Bertz CT molecular complexity index is 2610. The highest BCUT2D eigenvalue weighted by Gasteiger charge is 2.25. The summed E-state index contributed by atoms with van der Waals surface area (Å²) in [4.78, 5) is 62.5. The van der Waals surface area contributed by atoms with Gasteiger partial charge in [0.2, 0.25) is 11.9 Å². The molecule has 0 unspecified atom stereocenters. The van der Waals surface area contributed by atoms with Gasteiger partial charge < -0.3 is 23.9 Å². The number of imidazole rings is 2. The van der Waals surface area contributed by atoms with E-state index in [0.717, 1.165) is 25.5 Å². The van der Waals surface area contributed by atoms with Crippen molar-refractivity contribution in [1.29, 1.82) is 0 Å². The SMILES string of the molecule is CCn1nc(C)cc1C(=O)Nc1nc2cc(C=O)cc3c2n1C/C=C/Cn1c(NC(=O)c2cc(C)nn2CC)nc2cc(C(=O)NC4CCC4)cc(c21)OCCCO3. The number of hydrogen-bond donors (Lipinski definition) is 3. The topological polar surface area (TPSA) is 194 Å². The maximum atomic E-state index is 13.8. The van der Waals surface area contributed by atoms with Crippen molar-refractivity contribution in [2.24, 2.45) is 0 Å². The lowest BCUT2D eigenvalue weighted by atomic mass is 9.93. The van der Waals surface area contributed by atoms with Crippen LogP contribution in [0.25, 0.3) is 22.1 Å². The van der Waals surface area contributed by atoms with Crippen molar-refractivity contribution < 1.29 is 28.7 Å². The van der Waals surface area contributed by atoms with E-state index >= 15 is 0 Å². The number of amides is 3. The van der Waals surface area contributed by atoms with Gasteiger partial charge in [-0.3, -0.25) is 39.2 Å². The van der Waals surface area contributed by atoms with E-state index in [9.17, 15) is 19.2 Å². The average molecular weight is 788 g/mol. The van der Waals surface area contributed by atoms with E-state index in [1.807, 2.05) is 49.0 Å². The summed E-state index contributed by atoms with van der Waals surface area (Å²) in [5, 5.41) is 17.9. The highest BCUT2D eigenvalue weighted by Crippen LogP contribution is 2.34. The molecule has 2 aromatic carbocycles. The largest absolute Gasteiger partial charge is 0.491 e. The van der Waals surface area contributed by atoms with Gasteiger partial charge in [0.05, 0.1) is 35.6 Å². The van der Waals surface area contributed by atoms with Crippen molar-refractivity contribution in [1.82, 2.24) is 44.0 Å². The summed E-state index contributed by atoms with van der Waals surface area (Å²) in [5.41, 5.74) is 5.07. The Hall–Kier alpha value is -6.78. The van der Waals surface area contributed by atoms with Crippen LogP contribution in [0.15, 0.2) is 48.6 Å². The van der Waals surface area contributed by atoms with E-state index in [2.05, 4.69) is 26.1 Å². The molecule has 6 aromatic rings. The highest BCUT2D eigenvalue weighted by atomic mass is 16.5. The Labute approximate surface area is 333 Å². The second-order valence-electron chi connectivity index (χ2n) is 14.4. The van der Waals surface area contributed by atoms with Crippen LogP contribution in [0.4, 0.5) is 11.9 Å². The van der Waals surface area contributed by atoms with Gasteiger partial charge in [-0.2, -0.15) is 10.2 Å². The first kappa shape index (κ1) is 38.1. The molecule has 1 saturated carbocycles. The molecule has 5 heterocycles. The number of hydrogen-bond acceptors (Lipinski definition) is 10. The maximum absolute atomic E-state index is 13.8. The van der Waals surface area contributed by atoms with E-state index in [0.29, 0.717) is 87.0 Å². The van der Waals surface area contributed by atoms with E-state index in [4.69, 9.17) is 19.4 Å². The third kappa shape index (κ3) is 7.42. The quantitative estimate of drug-likeness (QED) is 0.125. The molecule has 1 aliphatic carbocycles. The van der Waals surface area contributed by atoms with Crippen LogP contribution in [-0.2, 0) is 26.2 Å². The van der Waals surface area contributed by atoms with E-state index in [1.54, 1.807) is 45.8 Å². The lowest BCUT2D eigenvalue weighted by molar-refractivity contribution is 0.0915. The van der Waals surface area contributed by atoms with Crippen LogP contribution >= 0.6 is 0 Å². The van der Waals surface area contributed by atoms with Gasteiger partial charge in [-0.1, -0.05) is 12.2 Å². The first-order valence-corrected chi connectivity index (χ1v) is 19.6. The third-order valence-electron chi connectivity index (χ3n) is 10.3. The van der Waals surface area contributed by atoms with Crippen LogP contribution in [0.1, 0.15) is 92.6 Å². The minimum Gasteiger partial charge on any atom is -0.491 e. The number of benzene rings is 2. The van der Waals surface area contributed by atoms with Crippen molar-refractivity contribution in [3.8, 4) is 11.5 Å². The van der Waals surface area contributed by atoms with Crippen LogP contribution in [0.2, 0.25) is 0 Å². The molecule has 4 aromatic heterocycles. The molecule has 58 heavy (non-hydrogen) atoms. The maximum Gasteiger partial charge on any atom is 0.276 e. The third-order valence-corrected chi connectivity index (χ3v) is 10.3. The zero-order valence-electron chi connectivity index (χ0n) is 32.9. The van der Waals surface area contributed by atoms with Gasteiger partial charge in [0.25, 0.3) is 17.7 Å². The fourth-order valence-corrected chi connectivity index (χ4v) is 7.32. The minimum absolute atomic E-state index is 0.126. The van der Waals surface area contributed by atoms with E-state index < -0.39 is 0 Å². The number of allylic oxidation sites excluding steroid dienone is 2. The smallest absolute Gasteiger partial charge is 0.276 e. The molecular formula is C41H45N11O6. The molecule has 0 radical (unpaired) electrons. The zero-order valence-corrected chi connectivity index (χ0v) is 32.9. The summed E-state index contributed by atoms with van der Waals surface area (Å²) in [6.07, 6.45) is 7.92. The van der Waals surface area contributed by atoms with Gasteiger partial charge in [-0.25, -0.2) is 9.97 Å². The highest BCUT2D eigenvalue weighted by molar-refractivity contribution is 6.05. The van der Waals surface area contributed by atoms with Gasteiger partial charge in [-0.05, 0) is 83.4 Å². The predicted molar refractivity (Wildman–Crippen MR) is 216 cm³/mol. The Balaban J connectivity index is 1.20. The van der Waals surface area contributed by atoms with Crippen molar-refractivity contribution >= 4 is 58.0 Å². The van der Waals surface area contributed by atoms with Crippen molar-refractivity contribution in [2.45, 2.75) is 85.6 Å². The molecule has 0 saturated heterocycles. The summed E-state index contributed by atoms with van der Waals surface area (Å²) < 4.78 is 19.6. The number of aldehydes is 1. The van der Waals surface area contributed by atoms with Crippen LogP contribution in [0.5, 0.6) is 11.5 Å². The normalized spacial score (nSPS) is 15.1. The Morgan fingerprint density at radius 1 is 0.724 bits per heavy atom. The standard InChI is InChI=1S/C41H45N11O6/c1-5-51-31(17-24(3)47-51)38(55)45-40-43-29-19-26(23-53)20-33-35(29)49(40)13-7-8-14-50-36-30(44-41(50)46-39(56)32-18-25(4)48-52(32)6-2)21-27(37(54)42-28-11-9-12-28)22-34(36)58-16-10-15-57-33/h7-8,17-23,28H,5-6,9-16H2,1-4H3,(H,42,54)(H,43,45,55)(H,44,46,56)/b8-7+. The van der Waals surface area contributed by atoms with Crippen LogP contribution in [-0.4, -0.2) is 81.9 Å². The molecule has 1 fully saturated rings.